The molecular formula is C16H21N. The third-order valence-electron chi connectivity index (χ3n) is 3.72. The standard InChI is InChI=1S/C16H21N/c1-3-7-16(17)15-11-5-4-10-14(15)12(2)13-8-6-9-13/h3-5,10-11,13,16H,1-2,6-9,17H2. The van der Waals surface area contributed by atoms with Crippen molar-refractivity contribution in [3.63, 3.8) is 0 Å². The largest absolute Gasteiger partial charge is 0.324 e. The van der Waals surface area contributed by atoms with Gasteiger partial charge in [0, 0.05) is 6.04 Å². The Balaban J connectivity index is 2.26. The highest BCUT2D eigenvalue weighted by Crippen LogP contribution is 2.39. The van der Waals surface area contributed by atoms with Gasteiger partial charge < -0.3 is 5.73 Å². The molecular weight excluding hydrogens is 206 g/mol. The Hall–Kier alpha value is -1.34. The SMILES string of the molecule is C=CCC(N)c1ccccc1C(=C)C1CCC1. The second-order valence-electron chi connectivity index (χ2n) is 4.87. The summed E-state index contributed by atoms with van der Waals surface area (Å²) in [4.78, 5) is 0. The summed E-state index contributed by atoms with van der Waals surface area (Å²) in [6.07, 6.45) is 6.60. The predicted octanol–water partition coefficient (Wildman–Crippen LogP) is 4.08. The van der Waals surface area contributed by atoms with E-state index in [0.717, 1.165) is 6.42 Å². The second-order valence-corrected chi connectivity index (χ2v) is 4.87. The van der Waals surface area contributed by atoms with Crippen LogP contribution in [0.2, 0.25) is 0 Å². The van der Waals surface area contributed by atoms with Gasteiger partial charge in [0.2, 0.25) is 0 Å². The van der Waals surface area contributed by atoms with E-state index in [1.165, 1.54) is 36.0 Å². The molecule has 90 valence electrons. The van der Waals surface area contributed by atoms with Crippen LogP contribution in [0.1, 0.15) is 42.9 Å². The summed E-state index contributed by atoms with van der Waals surface area (Å²) >= 11 is 0. The van der Waals surface area contributed by atoms with Crippen LogP contribution in [0.25, 0.3) is 5.57 Å². The maximum absolute atomic E-state index is 6.19. The van der Waals surface area contributed by atoms with Crippen molar-refractivity contribution in [1.82, 2.24) is 0 Å². The normalized spacial score (nSPS) is 17.2. The first-order chi connectivity index (χ1) is 8.24. The van der Waals surface area contributed by atoms with Crippen molar-refractivity contribution in [2.45, 2.75) is 31.7 Å². The maximum Gasteiger partial charge on any atom is 0.0335 e. The molecule has 1 aliphatic rings. The molecule has 0 saturated heterocycles. The smallest absolute Gasteiger partial charge is 0.0335 e. The minimum absolute atomic E-state index is 0.0422. The molecule has 0 amide bonds. The van der Waals surface area contributed by atoms with Crippen molar-refractivity contribution < 1.29 is 0 Å². The average Bonchev–Trinajstić information content (AvgIpc) is 2.27. The van der Waals surface area contributed by atoms with Crippen LogP contribution in [0.15, 0.2) is 43.5 Å². The molecule has 2 N–H and O–H groups in total. The summed E-state index contributed by atoms with van der Waals surface area (Å²) in [5, 5.41) is 0. The molecule has 0 spiro atoms. The third-order valence-corrected chi connectivity index (χ3v) is 3.72. The van der Waals surface area contributed by atoms with E-state index in [0.29, 0.717) is 5.92 Å². The minimum Gasteiger partial charge on any atom is -0.324 e. The summed E-state index contributed by atoms with van der Waals surface area (Å²) in [7, 11) is 0. The van der Waals surface area contributed by atoms with Crippen molar-refractivity contribution in [2.75, 3.05) is 0 Å². The molecule has 1 atom stereocenters. The minimum atomic E-state index is 0.0422. The Morgan fingerprint density at radius 2 is 2.12 bits per heavy atom. The van der Waals surface area contributed by atoms with Gasteiger partial charge in [0.05, 0.1) is 0 Å². The van der Waals surface area contributed by atoms with Crippen molar-refractivity contribution in [3.05, 3.63) is 54.6 Å². The summed E-state index contributed by atoms with van der Waals surface area (Å²) in [5.41, 5.74) is 9.93. The van der Waals surface area contributed by atoms with E-state index in [1.54, 1.807) is 0 Å². The van der Waals surface area contributed by atoms with Crippen molar-refractivity contribution in [1.29, 1.82) is 0 Å². The van der Waals surface area contributed by atoms with Crippen LogP contribution >= 0.6 is 0 Å². The molecule has 1 fully saturated rings. The number of rotatable bonds is 5. The third kappa shape index (κ3) is 2.50. The molecule has 0 aromatic heterocycles. The fourth-order valence-corrected chi connectivity index (χ4v) is 2.40. The molecule has 0 aliphatic heterocycles. The Labute approximate surface area is 104 Å². The van der Waals surface area contributed by atoms with Crippen LogP contribution in [-0.4, -0.2) is 0 Å². The lowest BCUT2D eigenvalue weighted by molar-refractivity contribution is 0.401. The highest BCUT2D eigenvalue weighted by molar-refractivity contribution is 5.69. The van der Waals surface area contributed by atoms with Crippen LogP contribution in [0.4, 0.5) is 0 Å². The highest BCUT2D eigenvalue weighted by atomic mass is 14.6. The molecule has 0 bridgehead atoms. The Kier molecular flexibility index (Phi) is 3.80. The quantitative estimate of drug-likeness (QED) is 0.754. The molecule has 1 heteroatoms. The Morgan fingerprint density at radius 3 is 2.71 bits per heavy atom. The van der Waals surface area contributed by atoms with E-state index < -0.39 is 0 Å². The lowest BCUT2D eigenvalue weighted by atomic mass is 9.76. The average molecular weight is 227 g/mol. The molecule has 1 aromatic rings. The number of hydrogen-bond acceptors (Lipinski definition) is 1. The lowest BCUT2D eigenvalue weighted by Gasteiger charge is -2.29. The molecule has 1 unspecified atom stereocenters. The van der Waals surface area contributed by atoms with Crippen molar-refractivity contribution >= 4 is 5.57 Å². The van der Waals surface area contributed by atoms with E-state index >= 15 is 0 Å². The fourth-order valence-electron chi connectivity index (χ4n) is 2.40. The predicted molar refractivity (Wildman–Crippen MR) is 74.6 cm³/mol. The van der Waals surface area contributed by atoms with Gasteiger partial charge in [-0.25, -0.2) is 0 Å². The van der Waals surface area contributed by atoms with E-state index in [-0.39, 0.29) is 6.04 Å². The zero-order valence-corrected chi connectivity index (χ0v) is 10.4. The molecule has 17 heavy (non-hydrogen) atoms. The van der Waals surface area contributed by atoms with Gasteiger partial charge in [0.15, 0.2) is 0 Å². The van der Waals surface area contributed by atoms with Crippen molar-refractivity contribution in [2.24, 2.45) is 11.7 Å². The maximum atomic E-state index is 6.19. The zero-order valence-electron chi connectivity index (χ0n) is 10.4. The van der Waals surface area contributed by atoms with E-state index in [1.807, 2.05) is 6.08 Å². The second kappa shape index (κ2) is 5.33. The van der Waals surface area contributed by atoms with Gasteiger partial charge >= 0.3 is 0 Å². The summed E-state index contributed by atoms with van der Waals surface area (Å²) < 4.78 is 0. The van der Waals surface area contributed by atoms with Gasteiger partial charge in [-0.05, 0) is 41.9 Å². The fraction of sp³-hybridized carbons (Fsp3) is 0.375. The Bertz CT molecular complexity index is 415. The van der Waals surface area contributed by atoms with E-state index in [4.69, 9.17) is 5.73 Å². The number of benzene rings is 1. The van der Waals surface area contributed by atoms with E-state index in [9.17, 15) is 0 Å². The van der Waals surface area contributed by atoms with Gasteiger partial charge in [-0.2, -0.15) is 0 Å². The van der Waals surface area contributed by atoms with Crippen molar-refractivity contribution in [3.8, 4) is 0 Å². The monoisotopic (exact) mass is 227 g/mol. The molecule has 1 aromatic carbocycles. The topological polar surface area (TPSA) is 26.0 Å². The van der Waals surface area contributed by atoms with Crippen LogP contribution in [0.5, 0.6) is 0 Å². The molecule has 1 nitrogen and oxygen atoms in total. The summed E-state index contributed by atoms with van der Waals surface area (Å²) in [6, 6.07) is 8.44. The molecule has 1 saturated carbocycles. The molecule has 0 radical (unpaired) electrons. The molecule has 1 aliphatic carbocycles. The van der Waals surface area contributed by atoms with Gasteiger partial charge in [-0.15, -0.1) is 6.58 Å². The first kappa shape index (κ1) is 12.1. The Morgan fingerprint density at radius 1 is 1.41 bits per heavy atom. The van der Waals surface area contributed by atoms with E-state index in [2.05, 4.69) is 37.4 Å². The summed E-state index contributed by atoms with van der Waals surface area (Å²) in [5.74, 6) is 0.673. The van der Waals surface area contributed by atoms with Crippen LogP contribution in [-0.2, 0) is 0 Å². The zero-order chi connectivity index (χ0) is 12.3. The van der Waals surface area contributed by atoms with Crippen LogP contribution in [0, 0.1) is 5.92 Å². The van der Waals surface area contributed by atoms with Gasteiger partial charge in [0.1, 0.15) is 0 Å². The van der Waals surface area contributed by atoms with Crippen LogP contribution < -0.4 is 5.73 Å². The number of hydrogen-bond donors (Lipinski definition) is 1. The van der Waals surface area contributed by atoms with Gasteiger partial charge in [-0.1, -0.05) is 43.3 Å². The lowest BCUT2D eigenvalue weighted by Crippen LogP contribution is -2.16. The number of allylic oxidation sites excluding steroid dienone is 1. The number of nitrogens with two attached hydrogens (primary N) is 1. The molecule has 2 rings (SSSR count). The first-order valence-electron chi connectivity index (χ1n) is 6.38. The van der Waals surface area contributed by atoms with Gasteiger partial charge in [0.25, 0.3) is 0 Å². The highest BCUT2D eigenvalue weighted by Gasteiger charge is 2.23. The first-order valence-corrected chi connectivity index (χ1v) is 6.38. The molecule has 0 heterocycles. The summed E-state index contributed by atoms with van der Waals surface area (Å²) in [6.45, 7) is 8.03. The van der Waals surface area contributed by atoms with Crippen LogP contribution in [0.3, 0.4) is 0 Å². The van der Waals surface area contributed by atoms with Gasteiger partial charge in [-0.3, -0.25) is 0 Å².